The highest BCUT2D eigenvalue weighted by molar-refractivity contribution is 5.94. The van der Waals surface area contributed by atoms with Crippen LogP contribution >= 0.6 is 0 Å². The number of β-lactam (4-membered cyclic amide) rings is 2. The summed E-state index contributed by atoms with van der Waals surface area (Å²) in [5.41, 5.74) is 0.238. The van der Waals surface area contributed by atoms with E-state index in [1.54, 1.807) is 11.9 Å². The first-order valence-corrected chi connectivity index (χ1v) is 13.8. The van der Waals surface area contributed by atoms with Gasteiger partial charge in [-0.1, -0.05) is 62.0 Å². The van der Waals surface area contributed by atoms with Crippen molar-refractivity contribution in [2.45, 2.75) is 127 Å². The number of likely N-dealkylation sites (N-methyl/N-ethyl adjacent to an activating group) is 1. The van der Waals surface area contributed by atoms with E-state index in [2.05, 4.69) is 53.4 Å². The number of amides is 4. The van der Waals surface area contributed by atoms with Crippen molar-refractivity contribution in [1.82, 2.24) is 20.0 Å². The van der Waals surface area contributed by atoms with Gasteiger partial charge in [0.25, 0.3) is 0 Å². The third-order valence-corrected chi connectivity index (χ3v) is 7.98. The molecule has 3 aliphatic heterocycles. The van der Waals surface area contributed by atoms with Crippen LogP contribution < -0.4 is 5.32 Å². The number of carbonyl (C=O) groups is 4. The molecular weight excluding hydrogens is 480 g/mol. The Bertz CT molecular complexity index is 937. The molecule has 3 saturated heterocycles. The van der Waals surface area contributed by atoms with Crippen molar-refractivity contribution in [1.29, 1.82) is 0 Å². The molecule has 218 valence electrons. The molecule has 4 amide bonds. The van der Waals surface area contributed by atoms with Gasteiger partial charge in [-0.25, -0.2) is 0 Å². The first kappa shape index (κ1) is 33.6. The van der Waals surface area contributed by atoms with Gasteiger partial charge in [0.15, 0.2) is 0 Å². The van der Waals surface area contributed by atoms with Crippen molar-refractivity contribution in [2.24, 2.45) is 22.7 Å². The van der Waals surface area contributed by atoms with E-state index in [1.165, 1.54) is 0 Å². The normalized spacial score (nSPS) is 29.1. The topological polar surface area (TPSA) is 90.0 Å². The molecule has 8 heteroatoms. The lowest BCUT2D eigenvalue weighted by Gasteiger charge is -2.51. The summed E-state index contributed by atoms with van der Waals surface area (Å²) in [6.07, 6.45) is 0. The molecule has 0 spiro atoms. The molecule has 0 aromatic carbocycles. The predicted molar refractivity (Wildman–Crippen MR) is 153 cm³/mol. The third kappa shape index (κ3) is 6.97. The minimum absolute atomic E-state index is 0.00299. The van der Waals surface area contributed by atoms with Crippen molar-refractivity contribution in [3.05, 3.63) is 12.3 Å². The molecule has 3 aliphatic rings. The molecule has 0 radical (unpaired) electrons. The second-order valence-corrected chi connectivity index (χ2v) is 14.2. The summed E-state index contributed by atoms with van der Waals surface area (Å²) in [4.78, 5) is 51.6. The van der Waals surface area contributed by atoms with Gasteiger partial charge in [-0.2, -0.15) is 0 Å². The van der Waals surface area contributed by atoms with Crippen molar-refractivity contribution < 1.29 is 19.2 Å². The van der Waals surface area contributed by atoms with E-state index in [-0.39, 0.29) is 46.7 Å². The van der Waals surface area contributed by atoms with Crippen LogP contribution in [0.3, 0.4) is 0 Å². The van der Waals surface area contributed by atoms with Gasteiger partial charge in [0, 0.05) is 47.1 Å². The molecule has 0 saturated carbocycles. The SMILES string of the molecule is C=C1C(C)C(C)N1C(=O)C(C)(C)C.CC1C(=O)N(C(C)(C)C)C1C.CC1C(NC(=O)C(C)(C)C)C(=O)N1C. The maximum absolute atomic E-state index is 11.9. The van der Waals surface area contributed by atoms with Gasteiger partial charge in [0.2, 0.25) is 23.6 Å². The fourth-order valence-electron chi connectivity index (χ4n) is 4.59. The lowest BCUT2D eigenvalue weighted by molar-refractivity contribution is -0.162. The first-order valence-electron chi connectivity index (χ1n) is 13.8. The van der Waals surface area contributed by atoms with Gasteiger partial charge >= 0.3 is 0 Å². The predicted octanol–water partition coefficient (Wildman–Crippen LogP) is 4.44. The monoisotopic (exact) mass is 534 g/mol. The molecule has 3 heterocycles. The average molecular weight is 535 g/mol. The summed E-state index contributed by atoms with van der Waals surface area (Å²) in [6.45, 7) is 31.7. The largest absolute Gasteiger partial charge is 0.342 e. The van der Waals surface area contributed by atoms with Crippen molar-refractivity contribution in [3.8, 4) is 0 Å². The molecule has 0 aromatic heterocycles. The summed E-state index contributed by atoms with van der Waals surface area (Å²) in [5, 5.41) is 2.76. The number of hydrogen-bond acceptors (Lipinski definition) is 4. The van der Waals surface area contributed by atoms with Crippen molar-refractivity contribution in [3.63, 3.8) is 0 Å². The van der Waals surface area contributed by atoms with Gasteiger partial charge in [-0.3, -0.25) is 19.2 Å². The second kappa shape index (κ2) is 11.4. The Morgan fingerprint density at radius 1 is 0.737 bits per heavy atom. The highest BCUT2D eigenvalue weighted by atomic mass is 16.2. The fourth-order valence-corrected chi connectivity index (χ4v) is 4.59. The quantitative estimate of drug-likeness (QED) is 0.504. The van der Waals surface area contributed by atoms with Crippen molar-refractivity contribution >= 4 is 23.6 Å². The summed E-state index contributed by atoms with van der Waals surface area (Å²) >= 11 is 0. The number of nitrogens with zero attached hydrogens (tertiary/aromatic N) is 3. The Morgan fingerprint density at radius 3 is 1.50 bits per heavy atom. The molecule has 0 aliphatic carbocycles. The van der Waals surface area contributed by atoms with Crippen LogP contribution in [0.1, 0.15) is 96.9 Å². The highest BCUT2D eigenvalue weighted by Crippen LogP contribution is 2.37. The lowest BCUT2D eigenvalue weighted by Crippen LogP contribution is -2.68. The van der Waals surface area contributed by atoms with Crippen LogP contribution in [-0.4, -0.2) is 75.1 Å². The third-order valence-electron chi connectivity index (χ3n) is 7.98. The van der Waals surface area contributed by atoms with Crippen LogP contribution in [-0.2, 0) is 19.2 Å². The van der Waals surface area contributed by atoms with Crippen LogP contribution in [0.5, 0.6) is 0 Å². The van der Waals surface area contributed by atoms with Gasteiger partial charge < -0.3 is 20.0 Å². The smallest absolute Gasteiger partial charge is 0.247 e. The molecule has 3 rings (SSSR count). The van der Waals surface area contributed by atoms with E-state index in [9.17, 15) is 19.2 Å². The maximum atomic E-state index is 11.9. The zero-order valence-electron chi connectivity index (χ0n) is 26.6. The van der Waals surface area contributed by atoms with E-state index in [4.69, 9.17) is 0 Å². The van der Waals surface area contributed by atoms with Gasteiger partial charge in [-0.05, 0) is 41.5 Å². The Morgan fingerprint density at radius 2 is 1.21 bits per heavy atom. The minimum atomic E-state index is -0.436. The molecular formula is C30H54N4O4. The molecule has 1 N–H and O–H groups in total. The Labute approximate surface area is 231 Å². The van der Waals surface area contributed by atoms with Gasteiger partial charge in [0.05, 0.1) is 12.0 Å². The first-order chi connectivity index (χ1) is 16.9. The van der Waals surface area contributed by atoms with Crippen LogP contribution in [0.15, 0.2) is 12.3 Å². The molecule has 0 aromatic rings. The van der Waals surface area contributed by atoms with Crippen LogP contribution in [0, 0.1) is 22.7 Å². The number of rotatable bonds is 1. The van der Waals surface area contributed by atoms with Crippen LogP contribution in [0.25, 0.3) is 0 Å². The summed E-state index contributed by atoms with van der Waals surface area (Å²) in [6, 6.07) is 0.516. The summed E-state index contributed by atoms with van der Waals surface area (Å²) in [5.74, 6) is 1.08. The van der Waals surface area contributed by atoms with E-state index in [0.717, 1.165) is 5.70 Å². The molecule has 6 atom stereocenters. The second-order valence-electron chi connectivity index (χ2n) is 14.2. The van der Waals surface area contributed by atoms with Gasteiger partial charge in [0.1, 0.15) is 6.04 Å². The Balaban J connectivity index is 0.000000287. The molecule has 3 fully saturated rings. The lowest BCUT2D eigenvalue weighted by atomic mass is 9.83. The maximum Gasteiger partial charge on any atom is 0.247 e. The van der Waals surface area contributed by atoms with E-state index >= 15 is 0 Å². The zero-order valence-corrected chi connectivity index (χ0v) is 26.6. The average Bonchev–Trinajstić information content (AvgIpc) is 2.79. The summed E-state index contributed by atoms with van der Waals surface area (Å²) in [7, 11) is 1.74. The zero-order chi connectivity index (χ0) is 30.3. The van der Waals surface area contributed by atoms with E-state index < -0.39 is 5.41 Å². The minimum Gasteiger partial charge on any atom is -0.342 e. The molecule has 6 unspecified atom stereocenters. The number of hydrogen-bond donors (Lipinski definition) is 1. The molecule has 38 heavy (non-hydrogen) atoms. The van der Waals surface area contributed by atoms with Crippen LogP contribution in [0.2, 0.25) is 0 Å². The van der Waals surface area contributed by atoms with Crippen molar-refractivity contribution in [2.75, 3.05) is 7.05 Å². The van der Waals surface area contributed by atoms with Gasteiger partial charge in [-0.15, -0.1) is 0 Å². The Kier molecular flexibility index (Phi) is 10.1. The Hall–Kier alpha value is -2.38. The van der Waals surface area contributed by atoms with E-state index in [1.807, 2.05) is 65.2 Å². The molecule has 8 nitrogen and oxygen atoms in total. The number of carbonyl (C=O) groups excluding carboxylic acids is 4. The van der Waals surface area contributed by atoms with E-state index in [0.29, 0.717) is 23.9 Å². The summed E-state index contributed by atoms with van der Waals surface area (Å²) < 4.78 is 0. The fraction of sp³-hybridized carbons (Fsp3) is 0.800. The van der Waals surface area contributed by atoms with Crippen LogP contribution in [0.4, 0.5) is 0 Å². The number of nitrogens with one attached hydrogen (secondary N) is 1. The highest BCUT2D eigenvalue weighted by Gasteiger charge is 2.46. The number of likely N-dealkylation sites (tertiary alicyclic amines) is 3. The standard InChI is InChI=1S/C11H19NO.C10H18N2O2.C9H17NO/c1-7-8(2)12(9(7)3)10(13)11(4,5)6;1-6-7(8(13)12(6)5)11-9(14)10(2,3)4;1-6-7(2)10(8(6)11)9(3,4)5/h7,9H,2H2,1,3-6H3;6-7H,1-5H3,(H,11,14);6-7H,1-5H3. The molecule has 0 bridgehead atoms.